The van der Waals surface area contributed by atoms with E-state index in [1.165, 1.54) is 0 Å². The minimum Gasteiger partial charge on any atom is -0.350 e. The molecule has 0 bridgehead atoms. The minimum atomic E-state index is -0.115. The molecule has 0 unspecified atom stereocenters. The molecule has 0 saturated heterocycles. The SMILES string of the molecule is CC[C@H](C)NC(=O)c1ccc2c(=O)n3c(nc2c1)CCCC3. The first-order chi connectivity index (χ1) is 10.6. The zero-order valence-corrected chi connectivity index (χ0v) is 13.1. The topological polar surface area (TPSA) is 64.0 Å². The monoisotopic (exact) mass is 299 g/mol. The van der Waals surface area contributed by atoms with Crippen molar-refractivity contribution >= 4 is 16.8 Å². The summed E-state index contributed by atoms with van der Waals surface area (Å²) in [6.07, 6.45) is 3.79. The molecule has 2 aromatic rings. The van der Waals surface area contributed by atoms with Gasteiger partial charge in [-0.1, -0.05) is 6.92 Å². The van der Waals surface area contributed by atoms with Crippen molar-refractivity contribution in [3.8, 4) is 0 Å². The molecule has 5 nitrogen and oxygen atoms in total. The van der Waals surface area contributed by atoms with Gasteiger partial charge in [0, 0.05) is 24.6 Å². The van der Waals surface area contributed by atoms with Crippen LogP contribution in [-0.2, 0) is 13.0 Å². The summed E-state index contributed by atoms with van der Waals surface area (Å²) in [5, 5.41) is 3.53. The zero-order valence-electron chi connectivity index (χ0n) is 13.1. The first-order valence-electron chi connectivity index (χ1n) is 7.94. The fraction of sp³-hybridized carbons (Fsp3) is 0.471. The number of fused-ring (bicyclic) bond motifs is 2. The highest BCUT2D eigenvalue weighted by molar-refractivity contribution is 5.97. The van der Waals surface area contributed by atoms with Crippen molar-refractivity contribution in [2.45, 2.75) is 52.1 Å². The van der Waals surface area contributed by atoms with Crippen molar-refractivity contribution in [1.29, 1.82) is 0 Å². The number of aryl methyl sites for hydroxylation is 1. The van der Waals surface area contributed by atoms with E-state index in [9.17, 15) is 9.59 Å². The molecule has 0 radical (unpaired) electrons. The van der Waals surface area contributed by atoms with Gasteiger partial charge in [-0.05, 0) is 44.4 Å². The number of rotatable bonds is 3. The molecule has 2 heterocycles. The first kappa shape index (κ1) is 14.8. The second kappa shape index (κ2) is 5.91. The number of carbonyl (C=O) groups is 1. The second-order valence-corrected chi connectivity index (χ2v) is 5.96. The van der Waals surface area contributed by atoms with E-state index in [0.29, 0.717) is 16.5 Å². The summed E-state index contributed by atoms with van der Waals surface area (Å²) in [5.74, 6) is 0.721. The maximum atomic E-state index is 12.5. The van der Waals surface area contributed by atoms with Gasteiger partial charge in [0.05, 0.1) is 10.9 Å². The molecule has 5 heteroatoms. The summed E-state index contributed by atoms with van der Waals surface area (Å²) in [4.78, 5) is 29.3. The Kier molecular flexibility index (Phi) is 3.96. The fourth-order valence-electron chi connectivity index (χ4n) is 2.79. The van der Waals surface area contributed by atoms with Crippen molar-refractivity contribution in [2.75, 3.05) is 0 Å². The maximum Gasteiger partial charge on any atom is 0.261 e. The van der Waals surface area contributed by atoms with Crippen molar-refractivity contribution < 1.29 is 4.79 Å². The Labute approximate surface area is 129 Å². The van der Waals surface area contributed by atoms with E-state index >= 15 is 0 Å². The predicted molar refractivity (Wildman–Crippen MR) is 86.2 cm³/mol. The summed E-state index contributed by atoms with van der Waals surface area (Å²) < 4.78 is 1.77. The Balaban J connectivity index is 2.03. The number of hydrogen-bond donors (Lipinski definition) is 1. The van der Waals surface area contributed by atoms with Crippen LogP contribution in [0.5, 0.6) is 0 Å². The lowest BCUT2D eigenvalue weighted by Gasteiger charge is -2.18. The van der Waals surface area contributed by atoms with Crippen molar-refractivity contribution in [3.05, 3.63) is 39.9 Å². The average molecular weight is 299 g/mol. The van der Waals surface area contributed by atoms with Gasteiger partial charge >= 0.3 is 0 Å². The van der Waals surface area contributed by atoms with Crippen molar-refractivity contribution in [3.63, 3.8) is 0 Å². The van der Waals surface area contributed by atoms with Gasteiger partial charge in [0.1, 0.15) is 5.82 Å². The maximum absolute atomic E-state index is 12.5. The third kappa shape index (κ3) is 2.63. The molecule has 0 spiro atoms. The summed E-state index contributed by atoms with van der Waals surface area (Å²) in [6, 6.07) is 5.28. The lowest BCUT2D eigenvalue weighted by molar-refractivity contribution is 0.0939. The Hall–Kier alpha value is -2.17. The van der Waals surface area contributed by atoms with E-state index in [2.05, 4.69) is 10.3 Å². The summed E-state index contributed by atoms with van der Waals surface area (Å²) >= 11 is 0. The van der Waals surface area contributed by atoms with E-state index < -0.39 is 0 Å². The fourth-order valence-corrected chi connectivity index (χ4v) is 2.79. The van der Waals surface area contributed by atoms with Gasteiger partial charge in [-0.15, -0.1) is 0 Å². The standard InChI is InChI=1S/C17H21N3O2/c1-3-11(2)18-16(21)12-7-8-13-14(10-12)19-15-6-4-5-9-20(15)17(13)22/h7-8,10-11H,3-6,9H2,1-2H3,(H,18,21)/t11-/m0/s1. The lowest BCUT2D eigenvalue weighted by atomic mass is 10.1. The van der Waals surface area contributed by atoms with Crippen LogP contribution in [0, 0.1) is 0 Å². The average Bonchev–Trinajstić information content (AvgIpc) is 2.54. The Bertz CT molecular complexity index is 779. The molecular weight excluding hydrogens is 278 g/mol. The normalized spacial score (nSPS) is 15.4. The predicted octanol–water partition coefficient (Wildman–Crippen LogP) is 2.26. The number of benzene rings is 1. The molecule has 1 aromatic heterocycles. The highest BCUT2D eigenvalue weighted by Gasteiger charge is 2.16. The van der Waals surface area contributed by atoms with E-state index in [1.807, 2.05) is 13.8 Å². The van der Waals surface area contributed by atoms with Crippen LogP contribution in [0.15, 0.2) is 23.0 Å². The molecule has 3 rings (SSSR count). The molecule has 22 heavy (non-hydrogen) atoms. The highest BCUT2D eigenvalue weighted by Crippen LogP contribution is 2.16. The van der Waals surface area contributed by atoms with Crippen LogP contribution < -0.4 is 10.9 Å². The van der Waals surface area contributed by atoms with E-state index in [0.717, 1.165) is 38.1 Å². The quantitative estimate of drug-likeness (QED) is 0.945. The second-order valence-electron chi connectivity index (χ2n) is 5.96. The Morgan fingerprint density at radius 2 is 2.23 bits per heavy atom. The van der Waals surface area contributed by atoms with Crippen LogP contribution in [-0.4, -0.2) is 21.5 Å². The summed E-state index contributed by atoms with van der Waals surface area (Å²) in [7, 11) is 0. The third-order valence-electron chi connectivity index (χ3n) is 4.32. The largest absolute Gasteiger partial charge is 0.350 e. The molecule has 0 saturated carbocycles. The van der Waals surface area contributed by atoms with Gasteiger partial charge in [-0.3, -0.25) is 14.2 Å². The van der Waals surface area contributed by atoms with Crippen LogP contribution >= 0.6 is 0 Å². The first-order valence-corrected chi connectivity index (χ1v) is 7.94. The number of carbonyl (C=O) groups excluding carboxylic acids is 1. The minimum absolute atomic E-state index is 0.00795. The molecular formula is C17H21N3O2. The molecule has 1 N–H and O–H groups in total. The number of aromatic nitrogens is 2. The molecule has 1 atom stereocenters. The Morgan fingerprint density at radius 3 is 3.00 bits per heavy atom. The van der Waals surface area contributed by atoms with Crippen molar-refractivity contribution in [1.82, 2.24) is 14.9 Å². The van der Waals surface area contributed by atoms with Gasteiger partial charge in [0.25, 0.3) is 11.5 Å². The smallest absolute Gasteiger partial charge is 0.261 e. The molecule has 0 fully saturated rings. The van der Waals surface area contributed by atoms with Gasteiger partial charge in [0.2, 0.25) is 0 Å². The molecule has 1 aromatic carbocycles. The van der Waals surface area contributed by atoms with Crippen LogP contribution in [0.4, 0.5) is 0 Å². The van der Waals surface area contributed by atoms with Gasteiger partial charge < -0.3 is 5.32 Å². The van der Waals surface area contributed by atoms with Crippen LogP contribution in [0.1, 0.15) is 49.3 Å². The third-order valence-corrected chi connectivity index (χ3v) is 4.32. The van der Waals surface area contributed by atoms with Crippen molar-refractivity contribution in [2.24, 2.45) is 0 Å². The van der Waals surface area contributed by atoms with Crippen LogP contribution in [0.2, 0.25) is 0 Å². The zero-order chi connectivity index (χ0) is 15.7. The van der Waals surface area contributed by atoms with Crippen LogP contribution in [0.25, 0.3) is 10.9 Å². The van der Waals surface area contributed by atoms with Crippen LogP contribution in [0.3, 0.4) is 0 Å². The van der Waals surface area contributed by atoms with Gasteiger partial charge in [-0.2, -0.15) is 0 Å². The summed E-state index contributed by atoms with van der Waals surface area (Å²) in [6.45, 7) is 4.74. The number of nitrogens with one attached hydrogen (secondary N) is 1. The number of amides is 1. The van der Waals surface area contributed by atoms with E-state index in [-0.39, 0.29) is 17.5 Å². The number of nitrogens with zero attached hydrogens (tertiary/aromatic N) is 2. The molecule has 1 amide bonds. The van der Waals surface area contributed by atoms with Gasteiger partial charge in [0.15, 0.2) is 0 Å². The number of hydrogen-bond acceptors (Lipinski definition) is 3. The van der Waals surface area contributed by atoms with E-state index in [1.54, 1.807) is 22.8 Å². The Morgan fingerprint density at radius 1 is 1.41 bits per heavy atom. The molecule has 1 aliphatic rings. The lowest BCUT2D eigenvalue weighted by Crippen LogP contribution is -2.32. The van der Waals surface area contributed by atoms with Gasteiger partial charge in [-0.25, -0.2) is 4.98 Å². The highest BCUT2D eigenvalue weighted by atomic mass is 16.1. The molecule has 0 aliphatic carbocycles. The molecule has 1 aliphatic heterocycles. The summed E-state index contributed by atoms with van der Waals surface area (Å²) in [5.41, 5.74) is 1.18. The molecule has 116 valence electrons. The van der Waals surface area contributed by atoms with E-state index in [4.69, 9.17) is 0 Å².